The highest BCUT2D eigenvalue weighted by molar-refractivity contribution is 9.11. The van der Waals surface area contributed by atoms with Crippen LogP contribution >= 0.6 is 31.9 Å². The SMILES string of the molecule is Nc1ncnc(Oc2ccc(F)c(Br)c2)c1Br. The van der Waals surface area contributed by atoms with Gasteiger partial charge < -0.3 is 10.5 Å². The van der Waals surface area contributed by atoms with Gasteiger partial charge in [0.15, 0.2) is 0 Å². The van der Waals surface area contributed by atoms with Gasteiger partial charge >= 0.3 is 0 Å². The lowest BCUT2D eigenvalue weighted by Crippen LogP contribution is -1.96. The summed E-state index contributed by atoms with van der Waals surface area (Å²) in [5.74, 6) is 0.628. The molecule has 0 unspecified atom stereocenters. The third-order valence-corrected chi connectivity index (χ3v) is 3.24. The molecule has 17 heavy (non-hydrogen) atoms. The number of benzene rings is 1. The Bertz CT molecular complexity index is 565. The summed E-state index contributed by atoms with van der Waals surface area (Å²) in [5.41, 5.74) is 5.58. The summed E-state index contributed by atoms with van der Waals surface area (Å²) in [6.45, 7) is 0. The van der Waals surface area contributed by atoms with Crippen LogP contribution in [0.5, 0.6) is 11.6 Å². The van der Waals surface area contributed by atoms with Crippen molar-refractivity contribution in [3.05, 3.63) is 39.3 Å². The topological polar surface area (TPSA) is 61.0 Å². The molecule has 2 aromatic rings. The van der Waals surface area contributed by atoms with Gasteiger partial charge in [0.2, 0.25) is 5.88 Å². The maximum atomic E-state index is 13.0. The summed E-state index contributed by atoms with van der Waals surface area (Å²) < 4.78 is 19.2. The summed E-state index contributed by atoms with van der Waals surface area (Å²) in [7, 11) is 0. The Morgan fingerprint density at radius 2 is 2.00 bits per heavy atom. The van der Waals surface area contributed by atoms with Crippen molar-refractivity contribution in [3.8, 4) is 11.6 Å². The van der Waals surface area contributed by atoms with Crippen LogP contribution in [0.3, 0.4) is 0 Å². The van der Waals surface area contributed by atoms with Crippen LogP contribution in [0.15, 0.2) is 33.5 Å². The highest BCUT2D eigenvalue weighted by Gasteiger charge is 2.09. The van der Waals surface area contributed by atoms with E-state index in [1.807, 2.05) is 0 Å². The summed E-state index contributed by atoms with van der Waals surface area (Å²) in [4.78, 5) is 7.70. The molecule has 2 rings (SSSR count). The van der Waals surface area contributed by atoms with E-state index in [1.165, 1.54) is 24.5 Å². The van der Waals surface area contributed by atoms with E-state index in [4.69, 9.17) is 10.5 Å². The maximum Gasteiger partial charge on any atom is 0.238 e. The molecule has 0 bridgehead atoms. The van der Waals surface area contributed by atoms with Crippen LogP contribution in [0.1, 0.15) is 0 Å². The molecular weight excluding hydrogens is 357 g/mol. The largest absolute Gasteiger partial charge is 0.438 e. The van der Waals surface area contributed by atoms with Crippen LogP contribution in [-0.4, -0.2) is 9.97 Å². The Balaban J connectivity index is 2.31. The van der Waals surface area contributed by atoms with Crippen molar-refractivity contribution in [2.45, 2.75) is 0 Å². The number of nitrogen functional groups attached to an aromatic ring is 1. The molecule has 0 saturated heterocycles. The lowest BCUT2D eigenvalue weighted by molar-refractivity contribution is 0.456. The zero-order valence-corrected chi connectivity index (χ0v) is 11.5. The van der Waals surface area contributed by atoms with Crippen molar-refractivity contribution < 1.29 is 9.13 Å². The molecule has 0 amide bonds. The quantitative estimate of drug-likeness (QED) is 0.887. The molecule has 0 radical (unpaired) electrons. The van der Waals surface area contributed by atoms with E-state index in [0.717, 1.165) is 0 Å². The van der Waals surface area contributed by atoms with Gasteiger partial charge in [-0.3, -0.25) is 0 Å². The lowest BCUT2D eigenvalue weighted by atomic mass is 10.3. The first-order chi connectivity index (χ1) is 8.08. The van der Waals surface area contributed by atoms with Crippen molar-refractivity contribution >= 4 is 37.7 Å². The molecule has 0 saturated carbocycles. The molecule has 1 heterocycles. The number of rotatable bonds is 2. The standard InChI is InChI=1S/C10H6Br2FN3O/c11-6-3-5(1-2-7(6)13)17-10-8(12)9(14)15-4-16-10/h1-4H,(H2,14,15,16). The average Bonchev–Trinajstić information content (AvgIpc) is 2.30. The van der Waals surface area contributed by atoms with Crippen LogP contribution in [0, 0.1) is 5.82 Å². The molecule has 88 valence electrons. The number of nitrogens with two attached hydrogens (primary N) is 1. The van der Waals surface area contributed by atoms with Crippen LogP contribution in [0.25, 0.3) is 0 Å². The fraction of sp³-hybridized carbons (Fsp3) is 0. The second-order valence-electron chi connectivity index (χ2n) is 3.06. The molecule has 0 atom stereocenters. The molecule has 7 heteroatoms. The van der Waals surface area contributed by atoms with E-state index in [-0.39, 0.29) is 17.5 Å². The van der Waals surface area contributed by atoms with Gasteiger partial charge in [0.25, 0.3) is 0 Å². The molecule has 0 fully saturated rings. The van der Waals surface area contributed by atoms with Gasteiger partial charge in [-0.15, -0.1) is 0 Å². The molecule has 4 nitrogen and oxygen atoms in total. The van der Waals surface area contributed by atoms with Gasteiger partial charge in [0.1, 0.15) is 28.2 Å². The number of aromatic nitrogens is 2. The van der Waals surface area contributed by atoms with Crippen LogP contribution < -0.4 is 10.5 Å². The smallest absolute Gasteiger partial charge is 0.238 e. The molecule has 0 aliphatic rings. The molecule has 2 N–H and O–H groups in total. The predicted octanol–water partition coefficient (Wildman–Crippen LogP) is 3.52. The molecular formula is C10H6Br2FN3O. The summed E-state index contributed by atoms with van der Waals surface area (Å²) in [5, 5.41) is 0. The van der Waals surface area contributed by atoms with Crippen molar-refractivity contribution in [3.63, 3.8) is 0 Å². The average molecular weight is 363 g/mol. The Morgan fingerprint density at radius 1 is 1.24 bits per heavy atom. The van der Waals surface area contributed by atoms with E-state index in [2.05, 4.69) is 41.8 Å². The monoisotopic (exact) mass is 361 g/mol. The van der Waals surface area contributed by atoms with Crippen molar-refractivity contribution in [2.24, 2.45) is 0 Å². The highest BCUT2D eigenvalue weighted by atomic mass is 79.9. The second-order valence-corrected chi connectivity index (χ2v) is 4.70. The van der Waals surface area contributed by atoms with E-state index in [0.29, 0.717) is 14.7 Å². The Kier molecular flexibility index (Phi) is 3.58. The van der Waals surface area contributed by atoms with Gasteiger partial charge in [-0.1, -0.05) is 0 Å². The van der Waals surface area contributed by atoms with Crippen LogP contribution in [0.4, 0.5) is 10.2 Å². The summed E-state index contributed by atoms with van der Waals surface area (Å²) in [6, 6.07) is 4.28. The third-order valence-electron chi connectivity index (χ3n) is 1.89. The number of anilines is 1. The van der Waals surface area contributed by atoms with Gasteiger partial charge in [-0.25, -0.2) is 14.4 Å². The fourth-order valence-corrected chi connectivity index (χ4v) is 1.73. The van der Waals surface area contributed by atoms with Gasteiger partial charge in [0.05, 0.1) is 4.47 Å². The van der Waals surface area contributed by atoms with Gasteiger partial charge in [-0.05, 0) is 50.1 Å². The van der Waals surface area contributed by atoms with Crippen LogP contribution in [0.2, 0.25) is 0 Å². The minimum Gasteiger partial charge on any atom is -0.438 e. The Morgan fingerprint density at radius 3 is 2.71 bits per heavy atom. The molecule has 0 spiro atoms. The number of ether oxygens (including phenoxy) is 1. The number of hydrogen-bond donors (Lipinski definition) is 1. The Labute approximate surface area is 113 Å². The fourth-order valence-electron chi connectivity index (χ4n) is 1.09. The normalized spacial score (nSPS) is 10.3. The second kappa shape index (κ2) is 4.97. The molecule has 1 aromatic carbocycles. The molecule has 1 aromatic heterocycles. The Hall–Kier alpha value is -1.21. The lowest BCUT2D eigenvalue weighted by Gasteiger charge is -2.07. The van der Waals surface area contributed by atoms with Crippen molar-refractivity contribution in [2.75, 3.05) is 5.73 Å². The van der Waals surface area contributed by atoms with E-state index < -0.39 is 0 Å². The number of nitrogens with zero attached hydrogens (tertiary/aromatic N) is 2. The van der Waals surface area contributed by atoms with E-state index in [1.54, 1.807) is 0 Å². The minimum absolute atomic E-state index is 0.274. The van der Waals surface area contributed by atoms with E-state index >= 15 is 0 Å². The van der Waals surface area contributed by atoms with Gasteiger partial charge in [0, 0.05) is 0 Å². The zero-order chi connectivity index (χ0) is 12.4. The first kappa shape index (κ1) is 12.3. The van der Waals surface area contributed by atoms with Crippen LogP contribution in [-0.2, 0) is 0 Å². The zero-order valence-electron chi connectivity index (χ0n) is 8.32. The third kappa shape index (κ3) is 2.73. The maximum absolute atomic E-state index is 13.0. The molecule has 0 aliphatic carbocycles. The van der Waals surface area contributed by atoms with E-state index in [9.17, 15) is 4.39 Å². The number of halogens is 3. The first-order valence-corrected chi connectivity index (χ1v) is 6.05. The minimum atomic E-state index is -0.362. The first-order valence-electron chi connectivity index (χ1n) is 4.47. The van der Waals surface area contributed by atoms with Crippen molar-refractivity contribution in [1.29, 1.82) is 0 Å². The predicted molar refractivity (Wildman–Crippen MR) is 68.3 cm³/mol. The summed E-state index contributed by atoms with van der Waals surface area (Å²) in [6.07, 6.45) is 1.29. The number of hydrogen-bond acceptors (Lipinski definition) is 4. The highest BCUT2D eigenvalue weighted by Crippen LogP contribution is 2.31. The summed E-state index contributed by atoms with van der Waals surface area (Å²) >= 11 is 6.28. The molecule has 0 aliphatic heterocycles. The van der Waals surface area contributed by atoms with Gasteiger partial charge in [-0.2, -0.15) is 0 Å². The van der Waals surface area contributed by atoms with Crippen molar-refractivity contribution in [1.82, 2.24) is 9.97 Å².